The Morgan fingerprint density at radius 2 is 2.14 bits per heavy atom. The van der Waals surface area contributed by atoms with Gasteiger partial charge in [0.1, 0.15) is 0 Å². The number of carbonyl (C=O) groups excluding carboxylic acids is 1. The van der Waals surface area contributed by atoms with Crippen molar-refractivity contribution < 1.29 is 4.79 Å². The summed E-state index contributed by atoms with van der Waals surface area (Å²) >= 11 is 1.48. The van der Waals surface area contributed by atoms with Crippen LogP contribution in [-0.4, -0.2) is 45.2 Å². The van der Waals surface area contributed by atoms with Crippen LogP contribution in [0.5, 0.6) is 0 Å². The van der Waals surface area contributed by atoms with E-state index in [0.717, 1.165) is 42.2 Å². The summed E-state index contributed by atoms with van der Waals surface area (Å²) in [5.74, 6) is 0.0770. The van der Waals surface area contributed by atoms with Gasteiger partial charge in [0.25, 0.3) is 0 Å². The van der Waals surface area contributed by atoms with E-state index in [0.29, 0.717) is 0 Å². The summed E-state index contributed by atoms with van der Waals surface area (Å²) in [5.41, 5.74) is 4.47. The van der Waals surface area contributed by atoms with Gasteiger partial charge in [-0.05, 0) is 43.5 Å². The number of nitrogens with one attached hydrogen (secondary N) is 2. The Kier molecular flexibility index (Phi) is 5.69. The number of amides is 1. The Morgan fingerprint density at radius 3 is 2.96 bits per heavy atom. The topological polar surface area (TPSA) is 61.0 Å². The SMILES string of the molecule is Cc1ccc2nc(SC(C)C(=O)NC3CCN(Cc4ccccc4)C3)[nH]c2c1. The van der Waals surface area contributed by atoms with Crippen molar-refractivity contribution in [1.29, 1.82) is 0 Å². The molecule has 2 aromatic carbocycles. The van der Waals surface area contributed by atoms with Gasteiger partial charge in [0, 0.05) is 25.7 Å². The van der Waals surface area contributed by atoms with Crippen LogP contribution in [0, 0.1) is 6.92 Å². The number of likely N-dealkylation sites (tertiary alicyclic amines) is 1. The summed E-state index contributed by atoms with van der Waals surface area (Å²) in [5, 5.41) is 3.82. The van der Waals surface area contributed by atoms with E-state index < -0.39 is 0 Å². The maximum atomic E-state index is 12.6. The number of fused-ring (bicyclic) bond motifs is 1. The second kappa shape index (κ2) is 8.37. The third kappa shape index (κ3) is 4.56. The van der Waals surface area contributed by atoms with Crippen LogP contribution >= 0.6 is 11.8 Å². The summed E-state index contributed by atoms with van der Waals surface area (Å²) in [6.07, 6.45) is 1.000. The highest BCUT2D eigenvalue weighted by molar-refractivity contribution is 8.00. The van der Waals surface area contributed by atoms with Crippen LogP contribution in [0.3, 0.4) is 0 Å². The number of aromatic nitrogens is 2. The molecule has 1 amide bonds. The van der Waals surface area contributed by atoms with E-state index in [1.165, 1.54) is 22.9 Å². The molecule has 0 radical (unpaired) electrons. The number of carbonyl (C=O) groups is 1. The predicted octanol–water partition coefficient (Wildman–Crippen LogP) is 3.74. The van der Waals surface area contributed by atoms with Gasteiger partial charge in [-0.2, -0.15) is 0 Å². The first kappa shape index (κ1) is 19.0. The Balaban J connectivity index is 1.29. The lowest BCUT2D eigenvalue weighted by Crippen LogP contribution is -2.40. The molecule has 4 rings (SSSR count). The molecule has 2 atom stereocenters. The molecule has 1 fully saturated rings. The molecule has 2 heterocycles. The minimum atomic E-state index is -0.190. The van der Waals surface area contributed by atoms with E-state index in [2.05, 4.69) is 63.5 Å². The fraction of sp³-hybridized carbons (Fsp3) is 0.364. The maximum Gasteiger partial charge on any atom is 0.233 e. The smallest absolute Gasteiger partial charge is 0.233 e. The number of aryl methyl sites for hydroxylation is 1. The molecule has 0 aliphatic carbocycles. The first-order valence-corrected chi connectivity index (χ1v) is 10.6. The third-order valence-corrected chi connectivity index (χ3v) is 6.13. The van der Waals surface area contributed by atoms with Gasteiger partial charge in [0.05, 0.1) is 16.3 Å². The summed E-state index contributed by atoms with van der Waals surface area (Å²) in [4.78, 5) is 22.9. The molecule has 0 bridgehead atoms. The quantitative estimate of drug-likeness (QED) is 0.625. The van der Waals surface area contributed by atoms with E-state index >= 15 is 0 Å². The molecular formula is C22H26N4OS. The molecule has 1 aromatic heterocycles. The molecule has 146 valence electrons. The van der Waals surface area contributed by atoms with Crippen molar-refractivity contribution in [3.05, 3.63) is 59.7 Å². The van der Waals surface area contributed by atoms with Crippen molar-refractivity contribution in [2.24, 2.45) is 0 Å². The van der Waals surface area contributed by atoms with Crippen LogP contribution in [0.1, 0.15) is 24.5 Å². The normalized spacial score (nSPS) is 18.4. The molecule has 2 unspecified atom stereocenters. The molecule has 0 spiro atoms. The van der Waals surface area contributed by atoms with Crippen molar-refractivity contribution in [1.82, 2.24) is 20.2 Å². The zero-order valence-electron chi connectivity index (χ0n) is 16.3. The number of H-pyrrole nitrogens is 1. The number of thioether (sulfide) groups is 1. The summed E-state index contributed by atoms with van der Waals surface area (Å²) in [6.45, 7) is 6.86. The average molecular weight is 395 g/mol. The van der Waals surface area contributed by atoms with Crippen LogP contribution in [0.2, 0.25) is 0 Å². The number of benzene rings is 2. The molecule has 1 saturated heterocycles. The van der Waals surface area contributed by atoms with Crippen LogP contribution in [-0.2, 0) is 11.3 Å². The van der Waals surface area contributed by atoms with Gasteiger partial charge >= 0.3 is 0 Å². The number of rotatable bonds is 6. The van der Waals surface area contributed by atoms with Crippen molar-refractivity contribution in [3.63, 3.8) is 0 Å². The fourth-order valence-electron chi connectivity index (χ4n) is 3.63. The predicted molar refractivity (Wildman–Crippen MR) is 114 cm³/mol. The first-order valence-electron chi connectivity index (χ1n) is 9.76. The molecule has 5 nitrogen and oxygen atoms in total. The lowest BCUT2D eigenvalue weighted by Gasteiger charge is -2.18. The van der Waals surface area contributed by atoms with Gasteiger partial charge in [-0.25, -0.2) is 4.98 Å². The average Bonchev–Trinajstić information content (AvgIpc) is 3.28. The van der Waals surface area contributed by atoms with E-state index in [4.69, 9.17) is 0 Å². The molecule has 2 N–H and O–H groups in total. The summed E-state index contributed by atoms with van der Waals surface area (Å²) < 4.78 is 0. The molecule has 28 heavy (non-hydrogen) atoms. The van der Waals surface area contributed by atoms with E-state index in [1.54, 1.807) is 0 Å². The highest BCUT2D eigenvalue weighted by Crippen LogP contribution is 2.24. The van der Waals surface area contributed by atoms with Crippen LogP contribution in [0.25, 0.3) is 11.0 Å². The lowest BCUT2D eigenvalue weighted by molar-refractivity contribution is -0.120. The Labute approximate surface area is 169 Å². The lowest BCUT2D eigenvalue weighted by atomic mass is 10.2. The maximum absolute atomic E-state index is 12.6. The largest absolute Gasteiger partial charge is 0.351 e. The number of nitrogens with zero attached hydrogens (tertiary/aromatic N) is 2. The third-order valence-electron chi connectivity index (χ3n) is 5.14. The van der Waals surface area contributed by atoms with Crippen molar-refractivity contribution >= 4 is 28.7 Å². The Bertz CT molecular complexity index is 956. The second-order valence-electron chi connectivity index (χ2n) is 7.54. The minimum Gasteiger partial charge on any atom is -0.351 e. The molecular weight excluding hydrogens is 368 g/mol. The Hall–Kier alpha value is -2.31. The highest BCUT2D eigenvalue weighted by Gasteiger charge is 2.26. The van der Waals surface area contributed by atoms with Gasteiger partial charge in [0.2, 0.25) is 5.91 Å². The zero-order valence-corrected chi connectivity index (χ0v) is 17.1. The first-order chi connectivity index (χ1) is 13.6. The monoisotopic (exact) mass is 394 g/mol. The van der Waals surface area contributed by atoms with Crippen molar-refractivity contribution in [2.45, 2.75) is 43.3 Å². The van der Waals surface area contributed by atoms with Gasteiger partial charge < -0.3 is 10.3 Å². The van der Waals surface area contributed by atoms with E-state index in [-0.39, 0.29) is 17.2 Å². The standard InChI is InChI=1S/C22H26N4OS/c1-15-8-9-19-20(12-15)25-22(24-19)28-16(2)21(27)23-18-10-11-26(14-18)13-17-6-4-3-5-7-17/h3-9,12,16,18H,10-11,13-14H2,1-2H3,(H,23,27)(H,24,25). The molecule has 1 aliphatic rings. The summed E-state index contributed by atoms with van der Waals surface area (Å²) in [7, 11) is 0. The van der Waals surface area contributed by atoms with Gasteiger partial charge in [-0.15, -0.1) is 0 Å². The van der Waals surface area contributed by atoms with Gasteiger partial charge in [-0.1, -0.05) is 48.2 Å². The number of hydrogen-bond acceptors (Lipinski definition) is 4. The Morgan fingerprint density at radius 1 is 1.32 bits per heavy atom. The number of imidazole rings is 1. The fourth-order valence-corrected chi connectivity index (χ4v) is 4.46. The molecule has 3 aromatic rings. The van der Waals surface area contributed by atoms with Gasteiger partial charge in [0.15, 0.2) is 5.16 Å². The molecule has 6 heteroatoms. The van der Waals surface area contributed by atoms with Crippen LogP contribution < -0.4 is 5.32 Å². The zero-order chi connectivity index (χ0) is 19.5. The van der Waals surface area contributed by atoms with Crippen molar-refractivity contribution in [3.8, 4) is 0 Å². The minimum absolute atomic E-state index is 0.0770. The summed E-state index contributed by atoms with van der Waals surface area (Å²) in [6, 6.07) is 16.9. The van der Waals surface area contributed by atoms with Crippen LogP contribution in [0.4, 0.5) is 0 Å². The molecule has 1 aliphatic heterocycles. The number of aromatic amines is 1. The van der Waals surface area contributed by atoms with Crippen LogP contribution in [0.15, 0.2) is 53.7 Å². The highest BCUT2D eigenvalue weighted by atomic mass is 32.2. The van der Waals surface area contributed by atoms with E-state index in [9.17, 15) is 4.79 Å². The van der Waals surface area contributed by atoms with Crippen molar-refractivity contribution in [2.75, 3.05) is 13.1 Å². The molecule has 0 saturated carbocycles. The van der Waals surface area contributed by atoms with E-state index in [1.807, 2.05) is 19.1 Å². The van der Waals surface area contributed by atoms with Gasteiger partial charge in [-0.3, -0.25) is 9.69 Å². The number of hydrogen-bond donors (Lipinski definition) is 2. The second-order valence-corrected chi connectivity index (χ2v) is 8.87.